The Morgan fingerprint density at radius 3 is 2.76 bits per heavy atom. The maximum Gasteiger partial charge on any atom is 0.307 e. The number of nitrogens with one attached hydrogen (secondary N) is 1. The first-order valence-electron chi connectivity index (χ1n) is 8.54. The van der Waals surface area contributed by atoms with Gasteiger partial charge in [-0.25, -0.2) is 9.97 Å². The lowest BCUT2D eigenvalue weighted by Gasteiger charge is -2.12. The number of hydrogen-bond donors (Lipinski definition) is 1. The lowest BCUT2D eigenvalue weighted by molar-refractivity contribution is -0.387. The molecule has 0 radical (unpaired) electrons. The van der Waals surface area contributed by atoms with Crippen molar-refractivity contribution in [1.29, 1.82) is 0 Å². The summed E-state index contributed by atoms with van der Waals surface area (Å²) in [6, 6.07) is 11.3. The van der Waals surface area contributed by atoms with Gasteiger partial charge in [-0.2, -0.15) is 9.37 Å². The summed E-state index contributed by atoms with van der Waals surface area (Å²) in [5.74, 6) is 0.563. The van der Waals surface area contributed by atoms with Crippen molar-refractivity contribution in [1.82, 2.24) is 19.5 Å². The third-order valence-electron chi connectivity index (χ3n) is 4.31. The van der Waals surface area contributed by atoms with Crippen LogP contribution in [0.4, 0.5) is 21.7 Å². The van der Waals surface area contributed by atoms with E-state index in [-0.39, 0.29) is 17.4 Å². The number of imidazole rings is 1. The summed E-state index contributed by atoms with van der Waals surface area (Å²) in [6.45, 7) is 1.86. The van der Waals surface area contributed by atoms with Gasteiger partial charge in [-0.3, -0.25) is 14.7 Å². The van der Waals surface area contributed by atoms with Crippen LogP contribution in [-0.4, -0.2) is 31.6 Å². The van der Waals surface area contributed by atoms with Gasteiger partial charge in [0.25, 0.3) is 0 Å². The highest BCUT2D eigenvalue weighted by molar-refractivity contribution is 5.78. The van der Waals surface area contributed by atoms with Gasteiger partial charge in [0, 0.05) is 18.3 Å². The first-order chi connectivity index (χ1) is 14.0. The zero-order chi connectivity index (χ0) is 20.5. The largest absolute Gasteiger partial charge is 0.494 e. The number of anilines is 2. The number of aromatic nitrogens is 4. The average molecular weight is 394 g/mol. The third kappa shape index (κ3) is 3.31. The molecule has 0 saturated heterocycles. The molecule has 0 saturated carbocycles. The summed E-state index contributed by atoms with van der Waals surface area (Å²) < 4.78 is 20.8. The van der Waals surface area contributed by atoms with Crippen molar-refractivity contribution in [3.05, 3.63) is 70.4 Å². The molecular weight excluding hydrogens is 379 g/mol. The SMILES string of the molecule is COc1cc(F)c([N+](=O)[O-])cc1Nc1nccc(-n2c(C)nc3ccccc32)n1. The maximum absolute atomic E-state index is 13.9. The van der Waals surface area contributed by atoms with Gasteiger partial charge in [-0.05, 0) is 25.1 Å². The lowest BCUT2D eigenvalue weighted by Crippen LogP contribution is -2.05. The average Bonchev–Trinajstić information content (AvgIpc) is 3.04. The summed E-state index contributed by atoms with van der Waals surface area (Å²) >= 11 is 0. The van der Waals surface area contributed by atoms with Gasteiger partial charge in [-0.1, -0.05) is 12.1 Å². The second-order valence-electron chi connectivity index (χ2n) is 6.11. The molecule has 2 aromatic carbocycles. The molecule has 29 heavy (non-hydrogen) atoms. The molecule has 4 rings (SSSR count). The molecule has 146 valence electrons. The maximum atomic E-state index is 13.9. The van der Waals surface area contributed by atoms with Crippen LogP contribution in [0, 0.1) is 22.9 Å². The Kier molecular flexibility index (Phi) is 4.51. The van der Waals surface area contributed by atoms with Crippen molar-refractivity contribution in [3.63, 3.8) is 0 Å². The van der Waals surface area contributed by atoms with Gasteiger partial charge in [0.2, 0.25) is 11.8 Å². The number of ether oxygens (including phenoxy) is 1. The smallest absolute Gasteiger partial charge is 0.307 e. The molecule has 0 aliphatic heterocycles. The molecular formula is C19H15FN6O3. The van der Waals surface area contributed by atoms with E-state index in [9.17, 15) is 14.5 Å². The number of methoxy groups -OCH3 is 1. The summed E-state index contributed by atoms with van der Waals surface area (Å²) in [5.41, 5.74) is 1.20. The van der Waals surface area contributed by atoms with Crippen molar-refractivity contribution in [2.45, 2.75) is 6.92 Å². The normalized spacial score (nSPS) is 10.9. The van der Waals surface area contributed by atoms with Crippen LogP contribution in [0.15, 0.2) is 48.7 Å². The number of nitro benzene ring substituents is 1. The molecule has 0 aliphatic carbocycles. The van der Waals surface area contributed by atoms with Crippen LogP contribution in [0.1, 0.15) is 5.82 Å². The molecule has 0 aliphatic rings. The van der Waals surface area contributed by atoms with Gasteiger partial charge in [0.15, 0.2) is 0 Å². The quantitative estimate of drug-likeness (QED) is 0.404. The minimum Gasteiger partial charge on any atom is -0.494 e. The summed E-state index contributed by atoms with van der Waals surface area (Å²) in [5, 5.41) is 13.9. The molecule has 0 spiro atoms. The van der Waals surface area contributed by atoms with Gasteiger partial charge in [-0.15, -0.1) is 0 Å². The minimum atomic E-state index is -0.993. The van der Waals surface area contributed by atoms with Gasteiger partial charge in [0.05, 0.1) is 28.8 Å². The number of para-hydroxylation sites is 2. The molecule has 4 aromatic rings. The van der Waals surface area contributed by atoms with E-state index in [2.05, 4.69) is 20.3 Å². The Morgan fingerprint density at radius 1 is 1.21 bits per heavy atom. The number of benzene rings is 2. The number of rotatable bonds is 5. The molecule has 2 heterocycles. The van der Waals surface area contributed by atoms with E-state index in [0.29, 0.717) is 5.82 Å². The molecule has 1 N–H and O–H groups in total. The Labute approximate surface area is 164 Å². The van der Waals surface area contributed by atoms with Gasteiger partial charge < -0.3 is 10.1 Å². The van der Waals surface area contributed by atoms with Crippen LogP contribution < -0.4 is 10.1 Å². The topological polar surface area (TPSA) is 108 Å². The van der Waals surface area contributed by atoms with E-state index in [4.69, 9.17) is 4.74 Å². The lowest BCUT2D eigenvalue weighted by atomic mass is 10.2. The monoisotopic (exact) mass is 394 g/mol. The molecule has 9 nitrogen and oxygen atoms in total. The summed E-state index contributed by atoms with van der Waals surface area (Å²) in [4.78, 5) is 23.4. The number of hydrogen-bond acceptors (Lipinski definition) is 7. The van der Waals surface area contributed by atoms with E-state index < -0.39 is 16.4 Å². The van der Waals surface area contributed by atoms with Gasteiger partial charge in [0.1, 0.15) is 17.4 Å². The number of nitro groups is 1. The first kappa shape index (κ1) is 18.3. The fourth-order valence-corrected chi connectivity index (χ4v) is 3.04. The van der Waals surface area contributed by atoms with Crippen molar-refractivity contribution in [3.8, 4) is 11.6 Å². The Hall–Kier alpha value is -4.08. The van der Waals surface area contributed by atoms with E-state index >= 15 is 0 Å². The molecule has 0 fully saturated rings. The molecule has 0 bridgehead atoms. The second-order valence-corrected chi connectivity index (χ2v) is 6.11. The highest BCUT2D eigenvalue weighted by Gasteiger charge is 2.20. The Balaban J connectivity index is 1.76. The summed E-state index contributed by atoms with van der Waals surface area (Å²) in [7, 11) is 1.34. The predicted octanol–water partition coefficient (Wildman–Crippen LogP) is 3.92. The minimum absolute atomic E-state index is 0.0892. The standard InChI is InChI=1S/C19H15FN6O3/c1-11-22-13-5-3-4-6-15(13)25(11)18-7-8-21-19(24-18)23-14-10-16(26(27)28)12(20)9-17(14)29-2/h3-10H,1-2H3,(H,21,23,24). The zero-order valence-corrected chi connectivity index (χ0v) is 15.5. The molecule has 2 aromatic heterocycles. The first-order valence-corrected chi connectivity index (χ1v) is 8.54. The molecule has 10 heteroatoms. The molecule has 0 unspecified atom stereocenters. The van der Waals surface area contributed by atoms with Crippen LogP contribution >= 0.6 is 0 Å². The van der Waals surface area contributed by atoms with E-state index in [0.717, 1.165) is 29.0 Å². The van der Waals surface area contributed by atoms with Crippen LogP contribution in [0.5, 0.6) is 5.75 Å². The highest BCUT2D eigenvalue weighted by Crippen LogP contribution is 2.33. The molecule has 0 atom stereocenters. The zero-order valence-electron chi connectivity index (χ0n) is 15.5. The van der Waals surface area contributed by atoms with Crippen LogP contribution in [0.3, 0.4) is 0 Å². The predicted molar refractivity (Wildman–Crippen MR) is 104 cm³/mol. The van der Waals surface area contributed by atoms with E-state index in [1.54, 1.807) is 12.3 Å². The van der Waals surface area contributed by atoms with Crippen LogP contribution in [-0.2, 0) is 0 Å². The van der Waals surface area contributed by atoms with Crippen molar-refractivity contribution < 1.29 is 14.1 Å². The van der Waals surface area contributed by atoms with Crippen molar-refractivity contribution in [2.75, 3.05) is 12.4 Å². The second kappa shape index (κ2) is 7.15. The number of aryl methyl sites for hydroxylation is 1. The fraction of sp³-hybridized carbons (Fsp3) is 0.105. The van der Waals surface area contributed by atoms with Crippen LogP contribution in [0.2, 0.25) is 0 Å². The Bertz CT molecular complexity index is 1240. The third-order valence-corrected chi connectivity index (χ3v) is 4.31. The molecule has 0 amide bonds. The van der Waals surface area contributed by atoms with Crippen LogP contribution in [0.25, 0.3) is 16.9 Å². The van der Waals surface area contributed by atoms with E-state index in [1.807, 2.05) is 35.8 Å². The Morgan fingerprint density at radius 2 is 2.00 bits per heavy atom. The number of nitrogens with zero attached hydrogens (tertiary/aromatic N) is 5. The van der Waals surface area contributed by atoms with Gasteiger partial charge >= 0.3 is 5.69 Å². The van der Waals surface area contributed by atoms with Crippen molar-refractivity contribution >= 4 is 28.4 Å². The van der Waals surface area contributed by atoms with Crippen molar-refractivity contribution in [2.24, 2.45) is 0 Å². The van der Waals surface area contributed by atoms with E-state index in [1.165, 1.54) is 7.11 Å². The summed E-state index contributed by atoms with van der Waals surface area (Å²) in [6.07, 6.45) is 1.54. The fourth-order valence-electron chi connectivity index (χ4n) is 3.04. The number of halogens is 1. The number of fused-ring (bicyclic) bond motifs is 1. The highest BCUT2D eigenvalue weighted by atomic mass is 19.1.